The van der Waals surface area contributed by atoms with Crippen LogP contribution in [0.5, 0.6) is 0 Å². The predicted molar refractivity (Wildman–Crippen MR) is 77.7 cm³/mol. The van der Waals surface area contributed by atoms with Crippen LogP contribution in [0, 0.1) is 5.41 Å². The van der Waals surface area contributed by atoms with Gasteiger partial charge in [0, 0.05) is 17.6 Å². The maximum absolute atomic E-state index is 11.5. The molecule has 8 heteroatoms. The third kappa shape index (κ3) is 8.71. The summed E-state index contributed by atoms with van der Waals surface area (Å²) in [4.78, 5) is 22.5. The van der Waals surface area contributed by atoms with Gasteiger partial charge in [-0.15, -0.1) is 0 Å². The molecular formula is C13H22O7S. The van der Waals surface area contributed by atoms with Crippen LogP contribution in [0.2, 0.25) is 0 Å². The largest absolute Gasteiger partial charge is 0.465 e. The second-order valence-electron chi connectivity index (χ2n) is 4.37. The Bertz CT molecular complexity index is 328. The lowest BCUT2D eigenvalue weighted by molar-refractivity contribution is -0.156. The topological polar surface area (TPSA) is 113 Å². The quantitative estimate of drug-likeness (QED) is 0.247. The van der Waals surface area contributed by atoms with E-state index in [1.165, 1.54) is 11.8 Å². The molecule has 0 radical (unpaired) electrons. The van der Waals surface area contributed by atoms with Crippen LogP contribution in [0.4, 0.5) is 0 Å². The summed E-state index contributed by atoms with van der Waals surface area (Å²) in [5.41, 5.74) is -1.23. The lowest BCUT2D eigenvalue weighted by atomic mass is 9.92. The first kappa shape index (κ1) is 19.9. The highest BCUT2D eigenvalue weighted by molar-refractivity contribution is 7.99. The summed E-state index contributed by atoms with van der Waals surface area (Å²) < 4.78 is 9.77. The molecule has 0 saturated carbocycles. The Hall–Kier alpha value is -1.09. The zero-order valence-electron chi connectivity index (χ0n) is 11.8. The van der Waals surface area contributed by atoms with Gasteiger partial charge in [-0.05, 0) is 0 Å². The Balaban J connectivity index is 4.20. The summed E-state index contributed by atoms with van der Waals surface area (Å²) in [7, 11) is 0. The molecule has 0 rings (SSSR count). The highest BCUT2D eigenvalue weighted by atomic mass is 32.2. The Morgan fingerprint density at radius 2 is 1.71 bits per heavy atom. The molecule has 0 aromatic rings. The fourth-order valence-corrected chi connectivity index (χ4v) is 1.83. The molecule has 0 atom stereocenters. The van der Waals surface area contributed by atoms with Crippen molar-refractivity contribution in [3.05, 3.63) is 12.7 Å². The van der Waals surface area contributed by atoms with Crippen molar-refractivity contribution in [2.45, 2.75) is 6.42 Å². The Labute approximate surface area is 127 Å². The molecule has 122 valence electrons. The van der Waals surface area contributed by atoms with Gasteiger partial charge >= 0.3 is 11.9 Å². The first-order chi connectivity index (χ1) is 10.0. The molecule has 0 amide bonds. The average Bonchev–Trinajstić information content (AvgIpc) is 2.52. The fraction of sp³-hybridized carbons (Fsp3) is 0.692. The van der Waals surface area contributed by atoms with Crippen molar-refractivity contribution >= 4 is 23.7 Å². The van der Waals surface area contributed by atoms with E-state index in [1.54, 1.807) is 0 Å². The molecule has 21 heavy (non-hydrogen) atoms. The number of rotatable bonds is 12. The van der Waals surface area contributed by atoms with Gasteiger partial charge in [0.15, 0.2) is 0 Å². The summed E-state index contributed by atoms with van der Waals surface area (Å²) in [5, 5.41) is 27.2. The number of aliphatic hydroxyl groups excluding tert-OH is 3. The first-order valence-electron chi connectivity index (χ1n) is 6.38. The monoisotopic (exact) mass is 322 g/mol. The molecule has 7 nitrogen and oxygen atoms in total. The molecule has 0 aliphatic heterocycles. The lowest BCUT2D eigenvalue weighted by Crippen LogP contribution is -2.41. The third-order valence-corrected chi connectivity index (χ3v) is 3.55. The molecule has 3 N–H and O–H groups in total. The summed E-state index contributed by atoms with van der Waals surface area (Å²) in [6.45, 7) is 1.74. The van der Waals surface area contributed by atoms with Crippen molar-refractivity contribution in [2.75, 3.05) is 44.5 Å². The molecule has 0 spiro atoms. The van der Waals surface area contributed by atoms with E-state index in [9.17, 15) is 19.8 Å². The molecule has 0 aromatic heterocycles. The van der Waals surface area contributed by atoms with Crippen LogP contribution in [0.3, 0.4) is 0 Å². The van der Waals surface area contributed by atoms with Gasteiger partial charge in [0.2, 0.25) is 0 Å². The minimum absolute atomic E-state index is 0.0481. The number of hydrogen-bond acceptors (Lipinski definition) is 8. The van der Waals surface area contributed by atoms with Crippen molar-refractivity contribution < 1.29 is 34.4 Å². The number of carbonyl (C=O) groups is 2. The van der Waals surface area contributed by atoms with Gasteiger partial charge in [-0.2, -0.15) is 11.8 Å². The minimum Gasteiger partial charge on any atom is -0.465 e. The summed E-state index contributed by atoms with van der Waals surface area (Å²) in [6.07, 6.45) is 1.12. The van der Waals surface area contributed by atoms with E-state index < -0.39 is 30.6 Å². The lowest BCUT2D eigenvalue weighted by Gasteiger charge is -2.28. The Kier molecular flexibility index (Phi) is 11.0. The Morgan fingerprint density at radius 1 is 1.10 bits per heavy atom. The van der Waals surface area contributed by atoms with E-state index in [1.807, 2.05) is 0 Å². The molecular weight excluding hydrogens is 300 g/mol. The van der Waals surface area contributed by atoms with Crippen LogP contribution in [-0.2, 0) is 19.1 Å². The molecule has 0 aliphatic carbocycles. The molecule has 0 fully saturated rings. The van der Waals surface area contributed by atoms with Crippen LogP contribution >= 0.6 is 11.8 Å². The summed E-state index contributed by atoms with van der Waals surface area (Å²) in [5.74, 6) is -0.118. The number of thioether (sulfide) groups is 1. The van der Waals surface area contributed by atoms with E-state index in [4.69, 9.17) is 14.6 Å². The number of carbonyl (C=O) groups excluding carboxylic acids is 2. The van der Waals surface area contributed by atoms with E-state index in [0.717, 1.165) is 6.08 Å². The maximum atomic E-state index is 11.5. The van der Waals surface area contributed by atoms with E-state index >= 15 is 0 Å². The van der Waals surface area contributed by atoms with Gasteiger partial charge in [0.05, 0.1) is 31.7 Å². The van der Waals surface area contributed by atoms with E-state index in [-0.39, 0.29) is 26.2 Å². The molecule has 0 saturated heterocycles. The second-order valence-corrected chi connectivity index (χ2v) is 5.60. The average molecular weight is 322 g/mol. The van der Waals surface area contributed by atoms with Crippen molar-refractivity contribution in [3.63, 3.8) is 0 Å². The zero-order valence-corrected chi connectivity index (χ0v) is 12.6. The normalized spacial score (nSPS) is 11.0. The third-order valence-electron chi connectivity index (χ3n) is 2.58. The molecule has 0 aromatic carbocycles. The number of hydrogen-bond donors (Lipinski definition) is 3. The second kappa shape index (κ2) is 11.6. The van der Waals surface area contributed by atoms with Crippen molar-refractivity contribution in [3.8, 4) is 0 Å². The van der Waals surface area contributed by atoms with Gasteiger partial charge in [0.25, 0.3) is 0 Å². The summed E-state index contributed by atoms with van der Waals surface area (Å²) >= 11 is 1.41. The smallest absolute Gasteiger partial charge is 0.330 e. The fourth-order valence-electron chi connectivity index (χ4n) is 1.19. The van der Waals surface area contributed by atoms with Crippen LogP contribution < -0.4 is 0 Å². The van der Waals surface area contributed by atoms with Crippen molar-refractivity contribution in [2.24, 2.45) is 5.41 Å². The standard InChI is InChI=1S/C13H22O7S/c1-2-11(17)19-9-13(7-15,8-16)10-20-12(18)3-5-21-6-4-14/h2,14-16H,1,3-10H2. The SMILES string of the molecule is C=CC(=O)OCC(CO)(CO)COC(=O)CCSCCO. The number of ether oxygens (including phenoxy) is 2. The number of aliphatic hydroxyl groups is 3. The van der Waals surface area contributed by atoms with Crippen LogP contribution in [0.1, 0.15) is 6.42 Å². The number of esters is 2. The van der Waals surface area contributed by atoms with Crippen LogP contribution in [0.15, 0.2) is 12.7 Å². The molecule has 0 heterocycles. The van der Waals surface area contributed by atoms with Gasteiger partial charge in [0.1, 0.15) is 13.2 Å². The first-order valence-corrected chi connectivity index (χ1v) is 7.54. The predicted octanol–water partition coefficient (Wildman–Crippen LogP) is -0.655. The Morgan fingerprint density at radius 3 is 2.24 bits per heavy atom. The van der Waals surface area contributed by atoms with Gasteiger partial charge in [-0.3, -0.25) is 4.79 Å². The van der Waals surface area contributed by atoms with Crippen molar-refractivity contribution in [1.82, 2.24) is 0 Å². The van der Waals surface area contributed by atoms with Crippen LogP contribution in [-0.4, -0.2) is 71.8 Å². The molecule has 0 aliphatic rings. The van der Waals surface area contributed by atoms with Crippen LogP contribution in [0.25, 0.3) is 0 Å². The van der Waals surface area contributed by atoms with Gasteiger partial charge in [-0.25, -0.2) is 4.79 Å². The van der Waals surface area contributed by atoms with E-state index in [2.05, 4.69) is 6.58 Å². The van der Waals surface area contributed by atoms with Gasteiger partial charge in [-0.1, -0.05) is 6.58 Å². The minimum atomic E-state index is -1.23. The zero-order chi connectivity index (χ0) is 16.1. The van der Waals surface area contributed by atoms with Crippen molar-refractivity contribution in [1.29, 1.82) is 0 Å². The summed E-state index contributed by atoms with van der Waals surface area (Å²) in [6, 6.07) is 0. The highest BCUT2D eigenvalue weighted by Gasteiger charge is 2.32. The maximum Gasteiger partial charge on any atom is 0.330 e. The van der Waals surface area contributed by atoms with Gasteiger partial charge < -0.3 is 24.8 Å². The highest BCUT2D eigenvalue weighted by Crippen LogP contribution is 2.18. The molecule has 0 unspecified atom stereocenters. The van der Waals surface area contributed by atoms with E-state index in [0.29, 0.717) is 11.5 Å². The molecule has 0 bridgehead atoms.